The van der Waals surface area contributed by atoms with Gasteiger partial charge in [-0.25, -0.2) is 9.97 Å². The van der Waals surface area contributed by atoms with Crippen molar-refractivity contribution in [2.45, 2.75) is 9.92 Å². The molecule has 0 saturated carbocycles. The van der Waals surface area contributed by atoms with Gasteiger partial charge in [0, 0.05) is 27.6 Å². The molecule has 0 fully saturated rings. The summed E-state index contributed by atoms with van der Waals surface area (Å²) < 4.78 is 0. The highest BCUT2D eigenvalue weighted by Crippen LogP contribution is 2.36. The molecule has 172 valence electrons. The summed E-state index contributed by atoms with van der Waals surface area (Å²) in [5.74, 6) is 0.215. The van der Waals surface area contributed by atoms with E-state index in [0.29, 0.717) is 5.56 Å². The number of hydrogen-bond acceptors (Lipinski definition) is 4. The molecular formula is C32H22N2OS. The molecule has 0 bridgehead atoms. The Bertz CT molecular complexity index is 1680. The summed E-state index contributed by atoms with van der Waals surface area (Å²) >= 11 is 1.65. The van der Waals surface area contributed by atoms with Gasteiger partial charge in [0.05, 0.1) is 11.4 Å². The second-order valence-electron chi connectivity index (χ2n) is 8.48. The zero-order valence-corrected chi connectivity index (χ0v) is 20.2. The van der Waals surface area contributed by atoms with Crippen LogP contribution in [-0.2, 0) is 0 Å². The average molecular weight is 483 g/mol. The van der Waals surface area contributed by atoms with Crippen LogP contribution in [0.2, 0.25) is 0 Å². The second kappa shape index (κ2) is 9.68. The van der Waals surface area contributed by atoms with Crippen LogP contribution < -0.4 is 0 Å². The first-order valence-corrected chi connectivity index (χ1v) is 12.5. The molecule has 0 spiro atoms. The number of nitrogens with zero attached hydrogens (tertiary/aromatic N) is 2. The molecule has 2 aromatic heterocycles. The molecule has 36 heavy (non-hydrogen) atoms. The lowest BCUT2D eigenvalue weighted by molar-refractivity contribution is 0.477. The number of phenols is 1. The van der Waals surface area contributed by atoms with Crippen molar-refractivity contribution in [3.8, 4) is 39.4 Å². The van der Waals surface area contributed by atoms with Gasteiger partial charge in [0.1, 0.15) is 10.8 Å². The van der Waals surface area contributed by atoms with E-state index in [1.807, 2.05) is 66.9 Å². The minimum Gasteiger partial charge on any atom is -0.507 e. The van der Waals surface area contributed by atoms with Gasteiger partial charge in [-0.3, -0.25) is 0 Å². The fourth-order valence-electron chi connectivity index (χ4n) is 4.31. The topological polar surface area (TPSA) is 46.0 Å². The normalized spacial score (nSPS) is 11.0. The minimum atomic E-state index is 0.215. The van der Waals surface area contributed by atoms with Crippen LogP contribution in [0.25, 0.3) is 44.4 Å². The molecule has 0 radical (unpaired) electrons. The van der Waals surface area contributed by atoms with Crippen LogP contribution in [0.15, 0.2) is 137 Å². The summed E-state index contributed by atoms with van der Waals surface area (Å²) in [4.78, 5) is 10.7. The van der Waals surface area contributed by atoms with Gasteiger partial charge in [0.2, 0.25) is 0 Å². The Labute approximate surface area is 214 Å². The molecule has 6 aromatic rings. The van der Waals surface area contributed by atoms with Crippen LogP contribution in [0.5, 0.6) is 5.75 Å². The zero-order valence-electron chi connectivity index (χ0n) is 19.4. The number of para-hydroxylation sites is 1. The summed E-state index contributed by atoms with van der Waals surface area (Å²) in [6, 6.07) is 40.5. The number of hydrogen-bond donors (Lipinski definition) is 1. The van der Waals surface area contributed by atoms with Gasteiger partial charge in [-0.15, -0.1) is 0 Å². The van der Waals surface area contributed by atoms with Gasteiger partial charge < -0.3 is 5.11 Å². The lowest BCUT2D eigenvalue weighted by Crippen LogP contribution is -1.92. The van der Waals surface area contributed by atoms with E-state index in [-0.39, 0.29) is 5.75 Å². The Morgan fingerprint density at radius 2 is 1.33 bits per heavy atom. The first-order chi connectivity index (χ1) is 17.7. The van der Waals surface area contributed by atoms with Gasteiger partial charge in [0.25, 0.3) is 0 Å². The lowest BCUT2D eigenvalue weighted by atomic mass is 10.00. The zero-order chi connectivity index (χ0) is 24.3. The molecule has 4 heteroatoms. The van der Waals surface area contributed by atoms with E-state index in [2.05, 4.69) is 59.6 Å². The van der Waals surface area contributed by atoms with Crippen molar-refractivity contribution in [1.29, 1.82) is 0 Å². The van der Waals surface area contributed by atoms with E-state index in [1.165, 1.54) is 5.39 Å². The van der Waals surface area contributed by atoms with Gasteiger partial charge in [-0.1, -0.05) is 90.6 Å². The molecule has 2 heterocycles. The standard InChI is InChI=1S/C32H22N2OS/c35-31-16-7-6-15-28(31)30-21-25(22-9-2-1-3-10-22)20-29(34-30)24-12-8-13-26(19-24)36-32-27-14-5-4-11-23(27)17-18-33-32/h1-21,35H. The monoisotopic (exact) mass is 482 g/mol. The average Bonchev–Trinajstić information content (AvgIpc) is 2.94. The highest BCUT2D eigenvalue weighted by atomic mass is 32.2. The maximum atomic E-state index is 10.5. The van der Waals surface area contributed by atoms with Crippen LogP contribution >= 0.6 is 11.8 Å². The van der Waals surface area contributed by atoms with Gasteiger partial charge >= 0.3 is 0 Å². The third-order valence-electron chi connectivity index (χ3n) is 6.09. The molecule has 3 nitrogen and oxygen atoms in total. The third-order valence-corrected chi connectivity index (χ3v) is 7.10. The molecule has 0 atom stereocenters. The molecule has 0 aliphatic carbocycles. The van der Waals surface area contributed by atoms with E-state index < -0.39 is 0 Å². The van der Waals surface area contributed by atoms with E-state index in [0.717, 1.165) is 43.4 Å². The Balaban J connectivity index is 1.45. The van der Waals surface area contributed by atoms with Crippen LogP contribution in [0.4, 0.5) is 0 Å². The summed E-state index contributed by atoms with van der Waals surface area (Å²) in [6.07, 6.45) is 1.86. The second-order valence-corrected chi connectivity index (χ2v) is 9.54. The van der Waals surface area contributed by atoms with Crippen molar-refractivity contribution in [1.82, 2.24) is 9.97 Å². The largest absolute Gasteiger partial charge is 0.507 e. The van der Waals surface area contributed by atoms with Crippen molar-refractivity contribution < 1.29 is 5.11 Å². The van der Waals surface area contributed by atoms with Crippen molar-refractivity contribution in [2.75, 3.05) is 0 Å². The van der Waals surface area contributed by atoms with Crippen LogP contribution in [-0.4, -0.2) is 15.1 Å². The predicted molar refractivity (Wildman–Crippen MR) is 148 cm³/mol. The highest BCUT2D eigenvalue weighted by Gasteiger charge is 2.12. The fraction of sp³-hybridized carbons (Fsp3) is 0. The summed E-state index contributed by atoms with van der Waals surface area (Å²) in [7, 11) is 0. The molecule has 0 saturated heterocycles. The SMILES string of the molecule is Oc1ccccc1-c1cc(-c2ccccc2)cc(-c2cccc(Sc3nccc4ccccc34)c2)n1. The van der Waals surface area contributed by atoms with Crippen molar-refractivity contribution in [3.63, 3.8) is 0 Å². The van der Waals surface area contributed by atoms with E-state index in [9.17, 15) is 5.11 Å². The smallest absolute Gasteiger partial charge is 0.124 e. The molecule has 4 aromatic carbocycles. The molecule has 0 amide bonds. The number of fused-ring (bicyclic) bond motifs is 1. The van der Waals surface area contributed by atoms with Crippen molar-refractivity contribution >= 4 is 22.5 Å². The highest BCUT2D eigenvalue weighted by molar-refractivity contribution is 7.99. The molecule has 0 aliphatic rings. The Morgan fingerprint density at radius 1 is 0.583 bits per heavy atom. The van der Waals surface area contributed by atoms with Crippen LogP contribution in [0.3, 0.4) is 0 Å². The maximum absolute atomic E-state index is 10.5. The lowest BCUT2D eigenvalue weighted by Gasteiger charge is -2.12. The number of pyridine rings is 2. The molecule has 1 N–H and O–H groups in total. The van der Waals surface area contributed by atoms with Gasteiger partial charge in [-0.05, 0) is 59.0 Å². The first-order valence-electron chi connectivity index (χ1n) is 11.7. The molecule has 6 rings (SSSR count). The quantitative estimate of drug-likeness (QED) is 0.268. The number of aromatic hydroxyl groups is 1. The number of rotatable bonds is 5. The van der Waals surface area contributed by atoms with Crippen LogP contribution in [0, 0.1) is 0 Å². The van der Waals surface area contributed by atoms with E-state index in [4.69, 9.17) is 4.98 Å². The Kier molecular flexibility index (Phi) is 5.94. The number of benzene rings is 4. The fourth-order valence-corrected chi connectivity index (χ4v) is 5.27. The predicted octanol–water partition coefficient (Wildman–Crippen LogP) is 8.49. The molecule has 0 aliphatic heterocycles. The van der Waals surface area contributed by atoms with E-state index >= 15 is 0 Å². The Hall–Kier alpha value is -4.41. The summed E-state index contributed by atoms with van der Waals surface area (Å²) in [6.45, 7) is 0. The minimum absolute atomic E-state index is 0.215. The van der Waals surface area contributed by atoms with Crippen molar-refractivity contribution in [3.05, 3.63) is 128 Å². The molecular weight excluding hydrogens is 460 g/mol. The summed E-state index contributed by atoms with van der Waals surface area (Å²) in [5, 5.41) is 13.8. The van der Waals surface area contributed by atoms with Crippen LogP contribution in [0.1, 0.15) is 0 Å². The number of aromatic nitrogens is 2. The van der Waals surface area contributed by atoms with Gasteiger partial charge in [-0.2, -0.15) is 0 Å². The number of phenolic OH excluding ortho intramolecular Hbond substituents is 1. The van der Waals surface area contributed by atoms with Crippen molar-refractivity contribution in [2.24, 2.45) is 0 Å². The summed E-state index contributed by atoms with van der Waals surface area (Å²) in [5.41, 5.74) is 5.45. The Morgan fingerprint density at radius 3 is 2.22 bits per heavy atom. The van der Waals surface area contributed by atoms with E-state index in [1.54, 1.807) is 17.8 Å². The molecule has 0 unspecified atom stereocenters. The third kappa shape index (κ3) is 4.47. The van der Waals surface area contributed by atoms with Gasteiger partial charge in [0.15, 0.2) is 0 Å². The first kappa shape index (κ1) is 22.1. The maximum Gasteiger partial charge on any atom is 0.124 e.